The van der Waals surface area contributed by atoms with E-state index in [2.05, 4.69) is 4.74 Å². The molecule has 5 heteroatoms. The van der Waals surface area contributed by atoms with Gasteiger partial charge in [0.2, 0.25) is 5.91 Å². The Morgan fingerprint density at radius 2 is 2.07 bits per heavy atom. The number of likely N-dealkylation sites (tertiary alicyclic amines) is 1. The van der Waals surface area contributed by atoms with E-state index in [0.29, 0.717) is 6.42 Å². The first-order valence-corrected chi connectivity index (χ1v) is 5.20. The van der Waals surface area contributed by atoms with Crippen LogP contribution in [0.4, 0.5) is 0 Å². The Balaban J connectivity index is 2.07. The van der Waals surface area contributed by atoms with Crippen molar-refractivity contribution in [2.75, 3.05) is 13.7 Å². The van der Waals surface area contributed by atoms with Crippen LogP contribution < -0.4 is 0 Å². The number of esters is 1. The molecule has 2 rings (SSSR count). The summed E-state index contributed by atoms with van der Waals surface area (Å²) in [5.74, 6) is -0.370. The number of hydrogen-bond acceptors (Lipinski definition) is 4. The van der Waals surface area contributed by atoms with Gasteiger partial charge in [-0.15, -0.1) is 0 Å². The molecular weight excluding hydrogens is 198 g/mol. The summed E-state index contributed by atoms with van der Waals surface area (Å²) in [6.45, 7) is 0.259. The Morgan fingerprint density at radius 1 is 1.40 bits per heavy atom. The molecule has 1 N–H and O–H groups in total. The van der Waals surface area contributed by atoms with E-state index in [-0.39, 0.29) is 18.4 Å². The molecule has 2 aliphatic rings. The Hall–Kier alpha value is -1.10. The lowest BCUT2D eigenvalue weighted by molar-refractivity contribution is -0.151. The van der Waals surface area contributed by atoms with Crippen molar-refractivity contribution in [3.05, 3.63) is 0 Å². The van der Waals surface area contributed by atoms with Crippen molar-refractivity contribution < 1.29 is 19.4 Å². The van der Waals surface area contributed by atoms with Crippen molar-refractivity contribution in [2.24, 2.45) is 5.92 Å². The van der Waals surface area contributed by atoms with Crippen LogP contribution in [0, 0.1) is 5.92 Å². The van der Waals surface area contributed by atoms with Gasteiger partial charge in [-0.05, 0) is 12.8 Å². The standard InChI is InChI=1S/C10H15NO4/c1-15-10(14)8-4-7(12)5-11(8)9(13)6-2-3-6/h6-8,12H,2-5H2,1H3. The van der Waals surface area contributed by atoms with Crippen LogP contribution in [0.1, 0.15) is 19.3 Å². The summed E-state index contributed by atoms with van der Waals surface area (Å²) in [5, 5.41) is 9.46. The van der Waals surface area contributed by atoms with Crippen molar-refractivity contribution in [3.63, 3.8) is 0 Å². The van der Waals surface area contributed by atoms with E-state index in [1.54, 1.807) is 0 Å². The zero-order valence-electron chi connectivity index (χ0n) is 8.68. The van der Waals surface area contributed by atoms with Gasteiger partial charge in [-0.3, -0.25) is 4.79 Å². The smallest absolute Gasteiger partial charge is 0.328 e. The summed E-state index contributed by atoms with van der Waals surface area (Å²) < 4.78 is 4.62. The van der Waals surface area contributed by atoms with E-state index in [9.17, 15) is 14.7 Å². The number of rotatable bonds is 2. The van der Waals surface area contributed by atoms with Gasteiger partial charge >= 0.3 is 5.97 Å². The molecule has 0 spiro atoms. The van der Waals surface area contributed by atoms with Gasteiger partial charge in [-0.25, -0.2) is 4.79 Å². The number of aliphatic hydroxyl groups excluding tert-OH is 1. The minimum absolute atomic E-state index is 0.0121. The second-order valence-corrected chi connectivity index (χ2v) is 4.19. The lowest BCUT2D eigenvalue weighted by Crippen LogP contribution is -2.42. The summed E-state index contributed by atoms with van der Waals surface area (Å²) in [4.78, 5) is 24.6. The molecule has 0 aromatic heterocycles. The second-order valence-electron chi connectivity index (χ2n) is 4.19. The monoisotopic (exact) mass is 213 g/mol. The van der Waals surface area contributed by atoms with Crippen LogP contribution >= 0.6 is 0 Å². The largest absolute Gasteiger partial charge is 0.467 e. The number of methoxy groups -OCH3 is 1. The van der Waals surface area contributed by atoms with E-state index in [0.717, 1.165) is 12.8 Å². The summed E-state index contributed by atoms with van der Waals surface area (Å²) in [5.41, 5.74) is 0. The third kappa shape index (κ3) is 1.97. The Bertz CT molecular complexity index is 287. The maximum absolute atomic E-state index is 11.8. The highest BCUT2D eigenvalue weighted by Crippen LogP contribution is 2.33. The molecule has 0 bridgehead atoms. The quantitative estimate of drug-likeness (QED) is 0.630. The lowest BCUT2D eigenvalue weighted by atomic mass is 10.2. The number of hydrogen-bond donors (Lipinski definition) is 1. The lowest BCUT2D eigenvalue weighted by Gasteiger charge is -2.22. The number of aliphatic hydroxyl groups is 1. The van der Waals surface area contributed by atoms with Gasteiger partial charge < -0.3 is 14.7 Å². The molecule has 1 saturated carbocycles. The van der Waals surface area contributed by atoms with Crippen LogP contribution in [-0.2, 0) is 14.3 Å². The molecule has 1 amide bonds. The predicted molar refractivity (Wildman–Crippen MR) is 50.9 cm³/mol. The first kappa shape index (κ1) is 10.4. The average Bonchev–Trinajstić information content (AvgIpc) is 2.99. The van der Waals surface area contributed by atoms with Crippen molar-refractivity contribution in [1.82, 2.24) is 4.90 Å². The average molecular weight is 213 g/mol. The Kier molecular flexibility index (Phi) is 2.65. The van der Waals surface area contributed by atoms with Gasteiger partial charge in [0.1, 0.15) is 6.04 Å². The fourth-order valence-electron chi connectivity index (χ4n) is 1.98. The van der Waals surface area contributed by atoms with Crippen LogP contribution in [0.15, 0.2) is 0 Å². The van der Waals surface area contributed by atoms with Gasteiger partial charge in [0.05, 0.1) is 13.2 Å². The first-order chi connectivity index (χ1) is 7.13. The van der Waals surface area contributed by atoms with Gasteiger partial charge in [0.25, 0.3) is 0 Å². The normalized spacial score (nSPS) is 30.4. The molecule has 0 aromatic carbocycles. The van der Waals surface area contributed by atoms with E-state index in [1.807, 2.05) is 0 Å². The van der Waals surface area contributed by atoms with Crippen LogP contribution in [0.5, 0.6) is 0 Å². The molecule has 1 saturated heterocycles. The molecule has 0 radical (unpaired) electrons. The zero-order valence-corrected chi connectivity index (χ0v) is 8.68. The first-order valence-electron chi connectivity index (χ1n) is 5.20. The van der Waals surface area contributed by atoms with Gasteiger partial charge in [-0.1, -0.05) is 0 Å². The molecule has 5 nitrogen and oxygen atoms in total. The minimum Gasteiger partial charge on any atom is -0.467 e. The Labute approximate surface area is 88.0 Å². The number of ether oxygens (including phenoxy) is 1. The molecule has 15 heavy (non-hydrogen) atoms. The number of carbonyl (C=O) groups excluding carboxylic acids is 2. The number of carbonyl (C=O) groups is 2. The van der Waals surface area contributed by atoms with Crippen LogP contribution in [0.2, 0.25) is 0 Å². The second kappa shape index (κ2) is 3.81. The van der Waals surface area contributed by atoms with E-state index in [4.69, 9.17) is 0 Å². The predicted octanol–water partition coefficient (Wildman–Crippen LogP) is -0.469. The highest BCUT2D eigenvalue weighted by Gasteiger charge is 2.44. The van der Waals surface area contributed by atoms with E-state index < -0.39 is 18.1 Å². The van der Waals surface area contributed by atoms with Gasteiger partial charge in [-0.2, -0.15) is 0 Å². The maximum Gasteiger partial charge on any atom is 0.328 e. The van der Waals surface area contributed by atoms with Crippen molar-refractivity contribution in [3.8, 4) is 0 Å². The number of amides is 1. The van der Waals surface area contributed by atoms with Gasteiger partial charge in [0, 0.05) is 18.9 Å². The highest BCUT2D eigenvalue weighted by atomic mass is 16.5. The van der Waals surface area contributed by atoms with Crippen LogP contribution in [-0.4, -0.2) is 47.7 Å². The summed E-state index contributed by atoms with van der Waals surface area (Å²) in [7, 11) is 1.30. The van der Waals surface area contributed by atoms with Gasteiger partial charge in [0.15, 0.2) is 0 Å². The molecule has 1 aliphatic heterocycles. The Morgan fingerprint density at radius 3 is 2.60 bits per heavy atom. The van der Waals surface area contributed by atoms with Crippen LogP contribution in [0.25, 0.3) is 0 Å². The molecule has 0 aromatic rings. The molecule has 1 heterocycles. The van der Waals surface area contributed by atoms with E-state index >= 15 is 0 Å². The van der Waals surface area contributed by atoms with Crippen molar-refractivity contribution in [1.29, 1.82) is 0 Å². The van der Waals surface area contributed by atoms with E-state index in [1.165, 1.54) is 12.0 Å². The van der Waals surface area contributed by atoms with Crippen LogP contribution in [0.3, 0.4) is 0 Å². The maximum atomic E-state index is 11.8. The van der Waals surface area contributed by atoms with Crippen molar-refractivity contribution in [2.45, 2.75) is 31.4 Å². The zero-order chi connectivity index (χ0) is 11.0. The molecular formula is C10H15NO4. The summed E-state index contributed by atoms with van der Waals surface area (Å²) in [6, 6.07) is -0.585. The summed E-state index contributed by atoms with van der Waals surface area (Å²) in [6.07, 6.45) is 1.50. The molecule has 2 unspecified atom stereocenters. The molecule has 2 fully saturated rings. The molecule has 2 atom stereocenters. The third-order valence-corrected chi connectivity index (χ3v) is 2.96. The minimum atomic E-state index is -0.600. The fraction of sp³-hybridized carbons (Fsp3) is 0.800. The van der Waals surface area contributed by atoms with Crippen molar-refractivity contribution >= 4 is 11.9 Å². The molecule has 84 valence electrons. The highest BCUT2D eigenvalue weighted by molar-refractivity contribution is 5.87. The SMILES string of the molecule is COC(=O)C1CC(O)CN1C(=O)C1CC1. The molecule has 1 aliphatic carbocycles. The fourth-order valence-corrected chi connectivity index (χ4v) is 1.98. The topological polar surface area (TPSA) is 66.8 Å². The third-order valence-electron chi connectivity index (χ3n) is 2.96. The number of β-amino-alcohol motifs (C(OH)–C–C–N with tert-alkyl or cyclic N) is 1. The summed E-state index contributed by atoms with van der Waals surface area (Å²) >= 11 is 0. The number of nitrogens with zero attached hydrogens (tertiary/aromatic N) is 1.